The molecule has 0 amide bonds. The molecule has 0 atom stereocenters. The molecule has 10 aromatic carbocycles. The largest absolute Gasteiger partial charge is 0.309 e. The maximum absolute atomic E-state index is 9.71. The zero-order chi connectivity index (χ0) is 36.5. The molecule has 2 heteroatoms. The average molecular weight is 697 g/mol. The van der Waals surface area contributed by atoms with Crippen LogP contribution in [0.2, 0.25) is 0 Å². The minimum Gasteiger partial charge on any atom is -0.309 e. The van der Waals surface area contributed by atoms with Crippen LogP contribution in [0.5, 0.6) is 0 Å². The van der Waals surface area contributed by atoms with Crippen molar-refractivity contribution in [1.29, 1.82) is 5.26 Å². The molecule has 0 spiro atoms. The molecule has 0 fully saturated rings. The fraction of sp³-hybridized carbons (Fsp3) is 0. The van der Waals surface area contributed by atoms with Crippen LogP contribution in [0.1, 0.15) is 5.56 Å². The van der Waals surface area contributed by atoms with Crippen molar-refractivity contribution in [3.8, 4) is 45.1 Å². The molecule has 55 heavy (non-hydrogen) atoms. The van der Waals surface area contributed by atoms with Gasteiger partial charge in [0.15, 0.2) is 0 Å². The van der Waals surface area contributed by atoms with Gasteiger partial charge in [0.2, 0.25) is 0 Å². The van der Waals surface area contributed by atoms with Crippen molar-refractivity contribution in [3.05, 3.63) is 200 Å². The van der Waals surface area contributed by atoms with E-state index in [1.54, 1.807) is 0 Å². The Kier molecular flexibility index (Phi) is 6.96. The highest BCUT2D eigenvalue weighted by Crippen LogP contribution is 2.43. The second kappa shape index (κ2) is 12.3. The lowest BCUT2D eigenvalue weighted by Gasteiger charge is -2.17. The van der Waals surface area contributed by atoms with Gasteiger partial charge in [0, 0.05) is 16.5 Å². The minimum atomic E-state index is 0.655. The lowest BCUT2D eigenvalue weighted by molar-refractivity contribution is 1.18. The van der Waals surface area contributed by atoms with E-state index in [0.717, 1.165) is 33.2 Å². The summed E-state index contributed by atoms with van der Waals surface area (Å²) in [5.74, 6) is 0. The number of hydrogen-bond acceptors (Lipinski definition) is 1. The van der Waals surface area contributed by atoms with Crippen molar-refractivity contribution in [2.24, 2.45) is 0 Å². The van der Waals surface area contributed by atoms with Crippen LogP contribution in [0.4, 0.5) is 0 Å². The standard InChI is InChI=1S/C53H32N2/c54-33-34-21-27-46-47-28-26-38(30-53(47)55(52(46)29-34)39-13-2-1-3-14-39)35-22-24-37(25-23-35)48-31-50-45-19-9-8-18-44(45)49(32-51(50)43-17-7-6-16-42(43)48)41-20-10-12-36-11-4-5-15-40(36)41/h1-32H. The van der Waals surface area contributed by atoms with E-state index >= 15 is 0 Å². The second-order valence-corrected chi connectivity index (χ2v) is 14.4. The fourth-order valence-electron chi connectivity index (χ4n) is 8.84. The molecular formula is C53H32N2. The Hall–Kier alpha value is -7.47. The van der Waals surface area contributed by atoms with Crippen LogP contribution in [0.3, 0.4) is 0 Å². The van der Waals surface area contributed by atoms with Crippen molar-refractivity contribution in [2.75, 3.05) is 0 Å². The van der Waals surface area contributed by atoms with Crippen LogP contribution in [-0.2, 0) is 0 Å². The normalized spacial score (nSPS) is 11.6. The number of para-hydroxylation sites is 1. The summed E-state index contributed by atoms with van der Waals surface area (Å²) in [5, 5.41) is 22.1. The number of hydrogen-bond donors (Lipinski definition) is 0. The molecule has 11 aromatic rings. The van der Waals surface area contributed by atoms with Gasteiger partial charge in [-0.1, -0.05) is 152 Å². The van der Waals surface area contributed by atoms with Crippen LogP contribution >= 0.6 is 0 Å². The van der Waals surface area contributed by atoms with Crippen LogP contribution in [0.15, 0.2) is 194 Å². The van der Waals surface area contributed by atoms with Crippen LogP contribution in [0.25, 0.3) is 104 Å². The number of nitriles is 1. The quantitative estimate of drug-likeness (QED) is 0.168. The Morgan fingerprint density at radius 1 is 0.327 bits per heavy atom. The SMILES string of the molecule is N#Cc1ccc2c3ccc(-c4ccc(-c5cc6c7ccccc7c(-c7cccc8ccccc78)cc6c6ccccc56)cc4)cc3n(-c3ccccc3)c2c1. The average Bonchev–Trinajstić information content (AvgIpc) is 3.59. The first kappa shape index (κ1) is 31.1. The highest BCUT2D eigenvalue weighted by molar-refractivity contribution is 6.24. The van der Waals surface area contributed by atoms with Crippen molar-refractivity contribution in [2.45, 2.75) is 0 Å². The molecule has 0 aliphatic rings. The van der Waals surface area contributed by atoms with Crippen molar-refractivity contribution >= 4 is 64.9 Å². The van der Waals surface area contributed by atoms with Gasteiger partial charge in [0.1, 0.15) is 0 Å². The molecule has 0 aliphatic carbocycles. The van der Waals surface area contributed by atoms with E-state index in [-0.39, 0.29) is 0 Å². The molecule has 11 rings (SSSR count). The Bertz CT molecular complexity index is 3360. The maximum Gasteiger partial charge on any atom is 0.0992 e. The van der Waals surface area contributed by atoms with E-state index in [0.29, 0.717) is 5.56 Å². The third-order valence-corrected chi connectivity index (χ3v) is 11.4. The fourth-order valence-corrected chi connectivity index (χ4v) is 8.84. The zero-order valence-corrected chi connectivity index (χ0v) is 29.9. The van der Waals surface area contributed by atoms with E-state index in [9.17, 15) is 5.26 Å². The summed E-state index contributed by atoms with van der Waals surface area (Å²) in [6, 6.07) is 72.4. The molecule has 1 aromatic heterocycles. The van der Waals surface area contributed by atoms with Crippen LogP contribution < -0.4 is 0 Å². The monoisotopic (exact) mass is 696 g/mol. The van der Waals surface area contributed by atoms with Crippen molar-refractivity contribution < 1.29 is 0 Å². The van der Waals surface area contributed by atoms with Gasteiger partial charge in [0.25, 0.3) is 0 Å². The van der Waals surface area contributed by atoms with E-state index in [4.69, 9.17) is 0 Å². The number of benzene rings is 10. The Morgan fingerprint density at radius 3 is 1.60 bits per heavy atom. The molecule has 0 saturated heterocycles. The summed E-state index contributed by atoms with van der Waals surface area (Å²) in [5.41, 5.74) is 11.1. The predicted molar refractivity (Wildman–Crippen MR) is 232 cm³/mol. The lowest BCUT2D eigenvalue weighted by atomic mass is 9.86. The topological polar surface area (TPSA) is 28.7 Å². The summed E-state index contributed by atoms with van der Waals surface area (Å²) in [7, 11) is 0. The van der Waals surface area contributed by atoms with Gasteiger partial charge in [-0.05, 0) is 119 Å². The predicted octanol–water partition coefficient (Wildman–Crippen LogP) is 14.3. The first-order chi connectivity index (χ1) is 27.2. The van der Waals surface area contributed by atoms with Crippen LogP contribution in [-0.4, -0.2) is 4.57 Å². The third-order valence-electron chi connectivity index (χ3n) is 11.4. The molecule has 0 radical (unpaired) electrons. The van der Waals surface area contributed by atoms with Gasteiger partial charge in [-0.25, -0.2) is 0 Å². The van der Waals surface area contributed by atoms with Gasteiger partial charge in [-0.2, -0.15) is 5.26 Å². The van der Waals surface area contributed by atoms with Gasteiger partial charge in [0.05, 0.1) is 22.7 Å². The van der Waals surface area contributed by atoms with E-state index in [2.05, 4.69) is 187 Å². The third kappa shape index (κ3) is 4.88. The number of fused-ring (bicyclic) bond motifs is 9. The van der Waals surface area contributed by atoms with Gasteiger partial charge in [-0.3, -0.25) is 0 Å². The Morgan fingerprint density at radius 2 is 0.873 bits per heavy atom. The van der Waals surface area contributed by atoms with E-state index < -0.39 is 0 Å². The summed E-state index contributed by atoms with van der Waals surface area (Å²) in [4.78, 5) is 0. The smallest absolute Gasteiger partial charge is 0.0992 e. The maximum atomic E-state index is 9.71. The molecule has 0 bridgehead atoms. The van der Waals surface area contributed by atoms with Gasteiger partial charge >= 0.3 is 0 Å². The molecule has 0 saturated carbocycles. The summed E-state index contributed by atoms with van der Waals surface area (Å²) in [6.07, 6.45) is 0. The van der Waals surface area contributed by atoms with Gasteiger partial charge < -0.3 is 4.57 Å². The molecule has 254 valence electrons. The Labute approximate surface area is 318 Å². The highest BCUT2D eigenvalue weighted by Gasteiger charge is 2.17. The summed E-state index contributed by atoms with van der Waals surface area (Å²) in [6.45, 7) is 0. The molecule has 0 unspecified atom stereocenters. The molecule has 2 nitrogen and oxygen atoms in total. The van der Waals surface area contributed by atoms with E-state index in [1.807, 2.05) is 18.2 Å². The first-order valence-electron chi connectivity index (χ1n) is 18.7. The minimum absolute atomic E-state index is 0.655. The van der Waals surface area contributed by atoms with Crippen LogP contribution in [0, 0.1) is 11.3 Å². The number of aromatic nitrogens is 1. The molecule has 0 N–H and O–H groups in total. The Balaban J connectivity index is 1.07. The lowest BCUT2D eigenvalue weighted by Crippen LogP contribution is -1.93. The molecule has 1 heterocycles. The van der Waals surface area contributed by atoms with E-state index in [1.165, 1.54) is 70.7 Å². The highest BCUT2D eigenvalue weighted by atomic mass is 15.0. The molecule has 0 aliphatic heterocycles. The zero-order valence-electron chi connectivity index (χ0n) is 29.9. The van der Waals surface area contributed by atoms with Crippen molar-refractivity contribution in [1.82, 2.24) is 4.57 Å². The number of rotatable bonds is 4. The second-order valence-electron chi connectivity index (χ2n) is 14.4. The van der Waals surface area contributed by atoms with Gasteiger partial charge in [-0.15, -0.1) is 0 Å². The van der Waals surface area contributed by atoms with Crippen molar-refractivity contribution in [3.63, 3.8) is 0 Å². The molecular weight excluding hydrogens is 665 g/mol. The number of nitrogens with zero attached hydrogens (tertiary/aromatic N) is 2. The summed E-state index contributed by atoms with van der Waals surface area (Å²) >= 11 is 0. The summed E-state index contributed by atoms with van der Waals surface area (Å²) < 4.78 is 2.28. The first-order valence-corrected chi connectivity index (χ1v) is 18.7.